The Morgan fingerprint density at radius 1 is 1.15 bits per heavy atom. The Balaban J connectivity index is 2.22. The molecule has 0 saturated carbocycles. The quantitative estimate of drug-likeness (QED) is 0.914. The van der Waals surface area contributed by atoms with E-state index in [1.54, 1.807) is 4.68 Å². The summed E-state index contributed by atoms with van der Waals surface area (Å²) in [6.07, 6.45) is 0.140. The monoisotopic (exact) mass is 280 g/mol. The number of aliphatic hydroxyl groups excluding tert-OH is 1. The fourth-order valence-corrected chi connectivity index (χ4v) is 2.21. The number of nitrogens with zero attached hydrogens (tertiary/aromatic N) is 2. The highest BCUT2D eigenvalue weighted by Gasteiger charge is 2.15. The second kappa shape index (κ2) is 6.13. The molecule has 20 heavy (non-hydrogen) atoms. The number of hydrogen-bond donors (Lipinski definition) is 1. The first-order valence-electron chi connectivity index (χ1n) is 6.73. The molecule has 1 aromatic carbocycles. The number of aryl methyl sites for hydroxylation is 2. The summed E-state index contributed by atoms with van der Waals surface area (Å²) in [7, 11) is 0. The van der Waals surface area contributed by atoms with E-state index in [1.165, 1.54) is 0 Å². The van der Waals surface area contributed by atoms with E-state index in [-0.39, 0.29) is 12.0 Å². The van der Waals surface area contributed by atoms with E-state index < -0.39 is 17.7 Å². The van der Waals surface area contributed by atoms with Crippen LogP contribution in [0.2, 0.25) is 0 Å². The van der Waals surface area contributed by atoms with E-state index in [2.05, 4.69) is 5.10 Å². The minimum absolute atomic E-state index is 0.240. The molecule has 2 rings (SSSR count). The van der Waals surface area contributed by atoms with Crippen molar-refractivity contribution in [3.63, 3.8) is 0 Å². The lowest BCUT2D eigenvalue weighted by Gasteiger charge is -2.12. The highest BCUT2D eigenvalue weighted by atomic mass is 19.1. The van der Waals surface area contributed by atoms with E-state index >= 15 is 0 Å². The molecular formula is C15H18F2N2O. The van der Waals surface area contributed by atoms with Crippen molar-refractivity contribution in [2.24, 2.45) is 0 Å². The third kappa shape index (κ3) is 3.22. The van der Waals surface area contributed by atoms with Gasteiger partial charge in [-0.1, -0.05) is 6.92 Å². The van der Waals surface area contributed by atoms with Gasteiger partial charge in [0.05, 0.1) is 11.8 Å². The predicted octanol–water partition coefficient (Wildman–Crippen LogP) is 3.02. The van der Waals surface area contributed by atoms with Gasteiger partial charge in [-0.15, -0.1) is 0 Å². The SMILES string of the molecule is CCc1cc(CC(O)c2cc(F)cc(F)c2)n(CC)n1. The molecule has 0 aliphatic carbocycles. The first-order chi connectivity index (χ1) is 9.53. The summed E-state index contributed by atoms with van der Waals surface area (Å²) in [5, 5.41) is 14.5. The molecule has 0 bridgehead atoms. The molecule has 0 fully saturated rings. The minimum atomic E-state index is -0.952. The van der Waals surface area contributed by atoms with E-state index in [9.17, 15) is 13.9 Å². The highest BCUT2D eigenvalue weighted by molar-refractivity contribution is 5.22. The molecule has 108 valence electrons. The molecule has 0 aliphatic rings. The van der Waals surface area contributed by atoms with Crippen LogP contribution in [0.15, 0.2) is 24.3 Å². The Bertz CT molecular complexity index is 575. The summed E-state index contributed by atoms with van der Waals surface area (Å²) >= 11 is 0. The second-order valence-electron chi connectivity index (χ2n) is 4.72. The summed E-state index contributed by atoms with van der Waals surface area (Å²) in [4.78, 5) is 0. The molecule has 0 aliphatic heterocycles. The van der Waals surface area contributed by atoms with Crippen molar-refractivity contribution in [3.05, 3.63) is 52.9 Å². The zero-order valence-electron chi connectivity index (χ0n) is 11.6. The van der Waals surface area contributed by atoms with Gasteiger partial charge in [-0.2, -0.15) is 5.10 Å². The lowest BCUT2D eigenvalue weighted by atomic mass is 10.0. The number of hydrogen-bond acceptors (Lipinski definition) is 2. The minimum Gasteiger partial charge on any atom is -0.388 e. The molecule has 0 saturated heterocycles. The molecule has 0 spiro atoms. The Hall–Kier alpha value is -1.75. The zero-order valence-corrected chi connectivity index (χ0v) is 11.6. The molecule has 1 atom stereocenters. The van der Waals surface area contributed by atoms with Crippen molar-refractivity contribution < 1.29 is 13.9 Å². The van der Waals surface area contributed by atoms with Crippen molar-refractivity contribution in [1.82, 2.24) is 9.78 Å². The van der Waals surface area contributed by atoms with Gasteiger partial charge in [0.25, 0.3) is 0 Å². The molecular weight excluding hydrogens is 262 g/mol. The van der Waals surface area contributed by atoms with Gasteiger partial charge in [0.1, 0.15) is 11.6 Å². The summed E-state index contributed by atoms with van der Waals surface area (Å²) < 4.78 is 28.1. The van der Waals surface area contributed by atoms with E-state index in [4.69, 9.17) is 0 Å². The predicted molar refractivity (Wildman–Crippen MR) is 72.3 cm³/mol. The molecule has 2 aromatic rings. The first-order valence-corrected chi connectivity index (χ1v) is 6.73. The average molecular weight is 280 g/mol. The number of benzene rings is 1. The van der Waals surface area contributed by atoms with Crippen molar-refractivity contribution in [2.75, 3.05) is 0 Å². The number of halogens is 2. The third-order valence-corrected chi connectivity index (χ3v) is 3.25. The van der Waals surface area contributed by atoms with Crippen LogP contribution in [-0.4, -0.2) is 14.9 Å². The largest absolute Gasteiger partial charge is 0.388 e. The second-order valence-corrected chi connectivity index (χ2v) is 4.72. The maximum atomic E-state index is 13.2. The summed E-state index contributed by atoms with van der Waals surface area (Å²) in [6, 6.07) is 5.02. The molecule has 3 nitrogen and oxygen atoms in total. The van der Waals surface area contributed by atoms with Crippen LogP contribution in [0.5, 0.6) is 0 Å². The van der Waals surface area contributed by atoms with Crippen molar-refractivity contribution in [3.8, 4) is 0 Å². The molecule has 0 radical (unpaired) electrons. The topological polar surface area (TPSA) is 38.0 Å². The van der Waals surface area contributed by atoms with Crippen LogP contribution in [0.1, 0.15) is 36.9 Å². The van der Waals surface area contributed by atoms with Crippen LogP contribution in [0.3, 0.4) is 0 Å². The van der Waals surface area contributed by atoms with Crippen LogP contribution in [0, 0.1) is 11.6 Å². The molecule has 5 heteroatoms. The van der Waals surface area contributed by atoms with Gasteiger partial charge in [0, 0.05) is 24.7 Å². The Morgan fingerprint density at radius 3 is 2.35 bits per heavy atom. The normalized spacial score (nSPS) is 12.7. The summed E-state index contributed by atoms with van der Waals surface area (Å²) in [5.74, 6) is -1.37. The van der Waals surface area contributed by atoms with Gasteiger partial charge in [0.2, 0.25) is 0 Å². The Labute approximate surface area is 116 Å². The van der Waals surface area contributed by atoms with Gasteiger partial charge in [0.15, 0.2) is 0 Å². The van der Waals surface area contributed by atoms with Crippen molar-refractivity contribution >= 4 is 0 Å². The smallest absolute Gasteiger partial charge is 0.126 e. The molecule has 0 amide bonds. The maximum Gasteiger partial charge on any atom is 0.126 e. The fraction of sp³-hybridized carbons (Fsp3) is 0.400. The summed E-state index contributed by atoms with van der Waals surface area (Å²) in [5.41, 5.74) is 2.05. The van der Waals surface area contributed by atoms with Crippen LogP contribution < -0.4 is 0 Å². The van der Waals surface area contributed by atoms with E-state index in [0.717, 1.165) is 36.0 Å². The maximum absolute atomic E-state index is 13.2. The van der Waals surface area contributed by atoms with Crippen LogP contribution >= 0.6 is 0 Å². The van der Waals surface area contributed by atoms with Gasteiger partial charge in [-0.05, 0) is 37.1 Å². The van der Waals surface area contributed by atoms with E-state index in [1.807, 2.05) is 19.9 Å². The van der Waals surface area contributed by atoms with Gasteiger partial charge in [-0.25, -0.2) is 8.78 Å². The number of aromatic nitrogens is 2. The molecule has 1 N–H and O–H groups in total. The Kier molecular flexibility index (Phi) is 4.49. The van der Waals surface area contributed by atoms with Gasteiger partial charge >= 0.3 is 0 Å². The van der Waals surface area contributed by atoms with E-state index in [0.29, 0.717) is 6.54 Å². The summed E-state index contributed by atoms with van der Waals surface area (Å²) in [6.45, 7) is 4.66. The molecule has 1 unspecified atom stereocenters. The Morgan fingerprint density at radius 2 is 1.80 bits per heavy atom. The zero-order chi connectivity index (χ0) is 14.7. The standard InChI is InChI=1S/C15H18F2N2O/c1-3-13-8-14(19(4-2)18-13)9-15(20)10-5-11(16)7-12(17)6-10/h5-8,15,20H,3-4,9H2,1-2H3. The molecule has 1 heterocycles. The van der Waals surface area contributed by atoms with Gasteiger partial charge in [-0.3, -0.25) is 4.68 Å². The van der Waals surface area contributed by atoms with Crippen molar-refractivity contribution in [1.29, 1.82) is 0 Å². The molecule has 1 aromatic heterocycles. The lowest BCUT2D eigenvalue weighted by molar-refractivity contribution is 0.174. The first kappa shape index (κ1) is 14.7. The van der Waals surface area contributed by atoms with Crippen LogP contribution in [0.4, 0.5) is 8.78 Å². The average Bonchev–Trinajstić information content (AvgIpc) is 2.79. The fourth-order valence-electron chi connectivity index (χ4n) is 2.21. The van der Waals surface area contributed by atoms with Crippen LogP contribution in [-0.2, 0) is 19.4 Å². The van der Waals surface area contributed by atoms with Gasteiger partial charge < -0.3 is 5.11 Å². The van der Waals surface area contributed by atoms with Crippen molar-refractivity contribution in [2.45, 2.75) is 39.3 Å². The lowest BCUT2D eigenvalue weighted by Crippen LogP contribution is -2.09. The number of rotatable bonds is 5. The highest BCUT2D eigenvalue weighted by Crippen LogP contribution is 2.21. The number of aliphatic hydroxyl groups is 1. The third-order valence-electron chi connectivity index (χ3n) is 3.25. The van der Waals surface area contributed by atoms with Crippen LogP contribution in [0.25, 0.3) is 0 Å².